The van der Waals surface area contributed by atoms with Crippen molar-refractivity contribution in [3.8, 4) is 28.6 Å². The lowest BCUT2D eigenvalue weighted by Gasteiger charge is -2.14. The zero-order chi connectivity index (χ0) is 25.3. The minimum Gasteiger partial charge on any atom is -0.493 e. The van der Waals surface area contributed by atoms with E-state index < -0.39 is 17.8 Å². The molecule has 4 rings (SSSR count). The van der Waals surface area contributed by atoms with Crippen LogP contribution in [0.25, 0.3) is 22.3 Å². The van der Waals surface area contributed by atoms with Gasteiger partial charge in [0.15, 0.2) is 23.9 Å². The highest BCUT2D eigenvalue weighted by Crippen LogP contribution is 2.37. The first-order valence-electron chi connectivity index (χ1n) is 10.6. The molecule has 0 unspecified atom stereocenters. The van der Waals surface area contributed by atoms with Crippen LogP contribution in [-0.4, -0.2) is 26.6 Å². The highest BCUT2D eigenvalue weighted by Gasteiger charge is 2.22. The fourth-order valence-electron chi connectivity index (χ4n) is 3.66. The van der Waals surface area contributed by atoms with Crippen molar-refractivity contribution >= 4 is 40.0 Å². The molecule has 3 aromatic carbocycles. The van der Waals surface area contributed by atoms with Crippen LogP contribution >= 0.6 is 23.2 Å². The number of carbonyl (C=O) groups excluding carboxylic acids is 1. The van der Waals surface area contributed by atoms with Gasteiger partial charge in [-0.05, 0) is 73.5 Å². The number of Topliss-reactive ketones (excluding diaryl/α,β-unsaturated/α-hetero) is 1. The monoisotopic (exact) mass is 512 g/mol. The summed E-state index contributed by atoms with van der Waals surface area (Å²) in [7, 11) is 3.04. The number of ether oxygens (including phenoxy) is 3. The third-order valence-electron chi connectivity index (χ3n) is 5.69. The molecule has 1 aromatic heterocycles. The van der Waals surface area contributed by atoms with Crippen LogP contribution in [0.5, 0.6) is 17.2 Å². The van der Waals surface area contributed by atoms with E-state index in [-0.39, 0.29) is 22.1 Å². The quantitative estimate of drug-likeness (QED) is 0.257. The summed E-state index contributed by atoms with van der Waals surface area (Å²) in [6, 6.07) is 13.2. The lowest BCUT2D eigenvalue weighted by molar-refractivity contribution is 0.0920. The van der Waals surface area contributed by atoms with Crippen molar-refractivity contribution < 1.29 is 23.4 Å². The van der Waals surface area contributed by atoms with E-state index in [9.17, 15) is 9.59 Å². The van der Waals surface area contributed by atoms with E-state index in [1.54, 1.807) is 36.4 Å². The normalized spacial score (nSPS) is 10.9. The summed E-state index contributed by atoms with van der Waals surface area (Å²) in [5, 5.41) is 0.955. The molecular formula is C27H22Cl2O6. The van der Waals surface area contributed by atoms with Gasteiger partial charge in [0.25, 0.3) is 0 Å². The molecule has 0 saturated carbocycles. The Morgan fingerprint density at radius 2 is 1.63 bits per heavy atom. The highest BCUT2D eigenvalue weighted by atomic mass is 35.5. The predicted molar refractivity (Wildman–Crippen MR) is 137 cm³/mol. The van der Waals surface area contributed by atoms with Crippen LogP contribution in [0.15, 0.2) is 57.7 Å². The number of fused-ring (bicyclic) bond motifs is 1. The molecular weight excluding hydrogens is 491 g/mol. The molecule has 1 heterocycles. The second-order valence-corrected chi connectivity index (χ2v) is 8.77. The standard InChI is InChI=1S/C27H22Cl2O6/c1-14-9-19-23(10-15(14)2)35-26(16-5-8-22(32-3)24(11-16)33-4)27(25(19)31)34-13-21(30)18-7-6-17(28)12-20(18)29/h5-12H,13H2,1-4H3. The lowest BCUT2D eigenvalue weighted by atomic mass is 10.0. The molecule has 35 heavy (non-hydrogen) atoms. The number of hydrogen-bond acceptors (Lipinski definition) is 6. The van der Waals surface area contributed by atoms with E-state index in [0.717, 1.165) is 11.1 Å². The van der Waals surface area contributed by atoms with E-state index in [1.165, 1.54) is 26.4 Å². The molecule has 4 aromatic rings. The molecule has 0 aliphatic rings. The van der Waals surface area contributed by atoms with E-state index in [4.69, 9.17) is 41.8 Å². The molecule has 0 radical (unpaired) electrons. The average molecular weight is 513 g/mol. The van der Waals surface area contributed by atoms with Crippen molar-refractivity contribution in [3.05, 3.63) is 85.5 Å². The maximum atomic E-state index is 13.5. The van der Waals surface area contributed by atoms with Gasteiger partial charge >= 0.3 is 0 Å². The van der Waals surface area contributed by atoms with Gasteiger partial charge in [0.05, 0.1) is 24.6 Å². The SMILES string of the molecule is COc1ccc(-c2oc3cc(C)c(C)cc3c(=O)c2OCC(=O)c2ccc(Cl)cc2Cl)cc1OC. The fraction of sp³-hybridized carbons (Fsp3) is 0.185. The Bertz CT molecular complexity index is 1510. The number of ketones is 1. The van der Waals surface area contributed by atoms with Crippen molar-refractivity contribution in [1.82, 2.24) is 0 Å². The summed E-state index contributed by atoms with van der Waals surface area (Å²) in [5.41, 5.74) is 2.67. The maximum Gasteiger partial charge on any atom is 0.235 e. The minimum absolute atomic E-state index is 0.0913. The Labute approximate surface area is 211 Å². The molecule has 0 N–H and O–H groups in total. The Morgan fingerprint density at radius 1 is 0.914 bits per heavy atom. The van der Waals surface area contributed by atoms with Crippen molar-refractivity contribution in [2.75, 3.05) is 20.8 Å². The van der Waals surface area contributed by atoms with Gasteiger partial charge in [-0.1, -0.05) is 23.2 Å². The first-order chi connectivity index (χ1) is 16.7. The zero-order valence-corrected chi connectivity index (χ0v) is 21.0. The van der Waals surface area contributed by atoms with Crippen molar-refractivity contribution in [2.45, 2.75) is 13.8 Å². The molecule has 6 nitrogen and oxygen atoms in total. The van der Waals surface area contributed by atoms with Crippen molar-refractivity contribution in [3.63, 3.8) is 0 Å². The number of carbonyl (C=O) groups is 1. The summed E-state index contributed by atoms with van der Waals surface area (Å²) < 4.78 is 22.7. The Balaban J connectivity index is 1.84. The summed E-state index contributed by atoms with van der Waals surface area (Å²) in [4.78, 5) is 26.4. The second-order valence-electron chi connectivity index (χ2n) is 7.93. The molecule has 8 heteroatoms. The number of benzene rings is 3. The van der Waals surface area contributed by atoms with Crippen LogP contribution in [0.4, 0.5) is 0 Å². The third kappa shape index (κ3) is 4.85. The molecule has 180 valence electrons. The van der Waals surface area contributed by atoms with Gasteiger partial charge in [0.2, 0.25) is 17.0 Å². The van der Waals surface area contributed by atoms with Gasteiger partial charge in [0, 0.05) is 16.1 Å². The minimum atomic E-state index is -0.428. The van der Waals surface area contributed by atoms with Gasteiger partial charge in [0.1, 0.15) is 5.58 Å². The van der Waals surface area contributed by atoms with Crippen LogP contribution < -0.4 is 19.6 Å². The summed E-state index contributed by atoms with van der Waals surface area (Å²) in [5.74, 6) is 0.626. The molecule has 0 fully saturated rings. The Morgan fingerprint density at radius 3 is 2.31 bits per heavy atom. The van der Waals surface area contributed by atoms with Crippen LogP contribution in [0.3, 0.4) is 0 Å². The smallest absolute Gasteiger partial charge is 0.235 e. The van der Waals surface area contributed by atoms with E-state index in [1.807, 2.05) is 13.8 Å². The number of methoxy groups -OCH3 is 2. The lowest BCUT2D eigenvalue weighted by Crippen LogP contribution is -2.17. The topological polar surface area (TPSA) is 75.0 Å². The number of hydrogen-bond donors (Lipinski definition) is 0. The predicted octanol–water partition coefficient (Wildman–Crippen LogP) is 6.66. The molecule has 0 aliphatic heterocycles. The molecule has 0 amide bonds. The van der Waals surface area contributed by atoms with Crippen LogP contribution in [-0.2, 0) is 0 Å². The van der Waals surface area contributed by atoms with E-state index in [2.05, 4.69) is 0 Å². The van der Waals surface area contributed by atoms with Gasteiger partial charge in [-0.2, -0.15) is 0 Å². The highest BCUT2D eigenvalue weighted by molar-refractivity contribution is 6.36. The first kappa shape index (κ1) is 24.6. The van der Waals surface area contributed by atoms with Gasteiger partial charge < -0.3 is 18.6 Å². The van der Waals surface area contributed by atoms with Crippen LogP contribution in [0, 0.1) is 13.8 Å². The first-order valence-corrected chi connectivity index (χ1v) is 11.4. The maximum absolute atomic E-state index is 13.5. The van der Waals surface area contributed by atoms with E-state index in [0.29, 0.717) is 33.1 Å². The summed E-state index contributed by atoms with van der Waals surface area (Å²) in [6.45, 7) is 3.41. The molecule has 0 bridgehead atoms. The number of aryl methyl sites for hydroxylation is 2. The number of rotatable bonds is 7. The molecule has 0 spiro atoms. The summed E-state index contributed by atoms with van der Waals surface area (Å²) in [6.07, 6.45) is 0. The largest absolute Gasteiger partial charge is 0.493 e. The molecule has 0 atom stereocenters. The fourth-order valence-corrected chi connectivity index (χ4v) is 4.18. The Kier molecular flexibility index (Phi) is 7.05. The van der Waals surface area contributed by atoms with Gasteiger partial charge in [-0.25, -0.2) is 0 Å². The van der Waals surface area contributed by atoms with Gasteiger partial charge in [-0.15, -0.1) is 0 Å². The third-order valence-corrected chi connectivity index (χ3v) is 6.24. The molecule has 0 saturated heterocycles. The van der Waals surface area contributed by atoms with Gasteiger partial charge in [-0.3, -0.25) is 9.59 Å². The van der Waals surface area contributed by atoms with Crippen molar-refractivity contribution in [2.24, 2.45) is 0 Å². The summed E-state index contributed by atoms with van der Waals surface area (Å²) >= 11 is 12.1. The molecule has 0 aliphatic carbocycles. The zero-order valence-electron chi connectivity index (χ0n) is 19.5. The van der Waals surface area contributed by atoms with E-state index >= 15 is 0 Å². The van der Waals surface area contributed by atoms with Crippen LogP contribution in [0.2, 0.25) is 10.0 Å². The average Bonchev–Trinajstić information content (AvgIpc) is 2.84. The van der Waals surface area contributed by atoms with Crippen molar-refractivity contribution in [1.29, 1.82) is 0 Å². The second kappa shape index (κ2) is 10.0. The Hall–Kier alpha value is -3.48. The van der Waals surface area contributed by atoms with Crippen LogP contribution in [0.1, 0.15) is 21.5 Å². The number of halogens is 2.